The molecular formula is C11H17N2+. The van der Waals surface area contributed by atoms with Crippen molar-refractivity contribution in [2.75, 3.05) is 18.0 Å². The van der Waals surface area contributed by atoms with Crippen molar-refractivity contribution in [1.82, 2.24) is 0 Å². The first kappa shape index (κ1) is 8.54. The SMILES string of the molecule is CC[n+]1ccc(N2CCCC2)cc1. The zero-order chi connectivity index (χ0) is 9.10. The average Bonchev–Trinajstić information content (AvgIpc) is 2.71. The van der Waals surface area contributed by atoms with E-state index in [-0.39, 0.29) is 0 Å². The second-order valence-corrected chi connectivity index (χ2v) is 3.58. The molecule has 2 heteroatoms. The smallest absolute Gasteiger partial charge is 0.170 e. The lowest BCUT2D eigenvalue weighted by Crippen LogP contribution is -2.31. The summed E-state index contributed by atoms with van der Waals surface area (Å²) >= 11 is 0. The standard InChI is InChI=1S/C11H17N2/c1-2-12-9-5-11(6-10-12)13-7-3-4-8-13/h5-6,9-10H,2-4,7-8H2,1H3/q+1. The Hall–Kier alpha value is -1.05. The Balaban J connectivity index is 2.12. The Labute approximate surface area is 79.8 Å². The zero-order valence-electron chi connectivity index (χ0n) is 8.24. The van der Waals surface area contributed by atoms with Crippen LogP contribution in [0.5, 0.6) is 0 Å². The van der Waals surface area contributed by atoms with Gasteiger partial charge in [-0.05, 0) is 19.8 Å². The second-order valence-electron chi connectivity index (χ2n) is 3.58. The highest BCUT2D eigenvalue weighted by atomic mass is 15.1. The number of pyridine rings is 1. The van der Waals surface area contributed by atoms with Crippen LogP contribution in [-0.4, -0.2) is 13.1 Å². The van der Waals surface area contributed by atoms with Crippen LogP contribution < -0.4 is 9.47 Å². The van der Waals surface area contributed by atoms with Gasteiger partial charge in [0, 0.05) is 30.9 Å². The van der Waals surface area contributed by atoms with Crippen LogP contribution in [0, 0.1) is 0 Å². The Kier molecular flexibility index (Phi) is 2.48. The molecule has 0 radical (unpaired) electrons. The molecule has 1 aromatic heterocycles. The highest BCUT2D eigenvalue weighted by molar-refractivity contribution is 5.44. The number of aryl methyl sites for hydroxylation is 1. The van der Waals surface area contributed by atoms with E-state index < -0.39 is 0 Å². The maximum Gasteiger partial charge on any atom is 0.170 e. The van der Waals surface area contributed by atoms with Gasteiger partial charge in [-0.3, -0.25) is 0 Å². The van der Waals surface area contributed by atoms with Gasteiger partial charge in [-0.15, -0.1) is 0 Å². The van der Waals surface area contributed by atoms with Crippen LogP contribution in [0.3, 0.4) is 0 Å². The first-order valence-corrected chi connectivity index (χ1v) is 5.14. The van der Waals surface area contributed by atoms with Crippen LogP contribution in [0.25, 0.3) is 0 Å². The lowest BCUT2D eigenvalue weighted by molar-refractivity contribution is -0.693. The lowest BCUT2D eigenvalue weighted by Gasteiger charge is -2.15. The molecule has 1 saturated heterocycles. The van der Waals surface area contributed by atoms with Crippen molar-refractivity contribution in [2.45, 2.75) is 26.3 Å². The summed E-state index contributed by atoms with van der Waals surface area (Å²) in [5.41, 5.74) is 1.38. The molecule has 1 aromatic rings. The first-order chi connectivity index (χ1) is 6.40. The van der Waals surface area contributed by atoms with Crippen LogP contribution >= 0.6 is 0 Å². The van der Waals surface area contributed by atoms with E-state index >= 15 is 0 Å². The van der Waals surface area contributed by atoms with Gasteiger partial charge in [0.25, 0.3) is 0 Å². The van der Waals surface area contributed by atoms with E-state index in [0.29, 0.717) is 0 Å². The second kappa shape index (κ2) is 3.77. The Morgan fingerprint density at radius 2 is 1.85 bits per heavy atom. The number of aromatic nitrogens is 1. The number of hydrogen-bond donors (Lipinski definition) is 0. The van der Waals surface area contributed by atoms with E-state index in [9.17, 15) is 0 Å². The molecule has 0 bridgehead atoms. The van der Waals surface area contributed by atoms with Gasteiger partial charge in [0.2, 0.25) is 0 Å². The quantitative estimate of drug-likeness (QED) is 0.622. The highest BCUT2D eigenvalue weighted by Crippen LogP contribution is 2.17. The summed E-state index contributed by atoms with van der Waals surface area (Å²) < 4.78 is 2.19. The largest absolute Gasteiger partial charge is 0.371 e. The molecule has 0 saturated carbocycles. The molecule has 1 aliphatic heterocycles. The minimum atomic E-state index is 1.06. The fraction of sp³-hybridized carbons (Fsp3) is 0.545. The minimum Gasteiger partial charge on any atom is -0.371 e. The monoisotopic (exact) mass is 177 g/mol. The third-order valence-electron chi connectivity index (χ3n) is 2.71. The summed E-state index contributed by atoms with van der Waals surface area (Å²) in [5, 5.41) is 0. The zero-order valence-corrected chi connectivity index (χ0v) is 8.24. The summed E-state index contributed by atoms with van der Waals surface area (Å²) in [7, 11) is 0. The summed E-state index contributed by atoms with van der Waals surface area (Å²) in [4.78, 5) is 2.46. The Bertz CT molecular complexity index is 260. The van der Waals surface area contributed by atoms with Crippen molar-refractivity contribution >= 4 is 5.69 Å². The molecule has 0 aromatic carbocycles. The molecule has 70 valence electrons. The summed E-state index contributed by atoms with van der Waals surface area (Å²) in [6.07, 6.45) is 7.02. The topological polar surface area (TPSA) is 7.12 Å². The Morgan fingerprint density at radius 3 is 2.38 bits per heavy atom. The average molecular weight is 177 g/mol. The molecule has 0 spiro atoms. The van der Waals surface area contributed by atoms with E-state index in [4.69, 9.17) is 0 Å². The number of anilines is 1. The number of nitrogens with zero attached hydrogens (tertiary/aromatic N) is 2. The van der Waals surface area contributed by atoms with Gasteiger partial charge in [-0.1, -0.05) is 0 Å². The molecule has 0 N–H and O–H groups in total. The van der Waals surface area contributed by atoms with Crippen LogP contribution in [0.15, 0.2) is 24.5 Å². The highest BCUT2D eigenvalue weighted by Gasteiger charge is 2.12. The molecule has 0 atom stereocenters. The maximum atomic E-state index is 2.46. The molecule has 0 aliphatic carbocycles. The van der Waals surface area contributed by atoms with Crippen LogP contribution in [-0.2, 0) is 6.54 Å². The maximum absolute atomic E-state index is 2.46. The van der Waals surface area contributed by atoms with Gasteiger partial charge in [0.05, 0.1) is 0 Å². The molecular weight excluding hydrogens is 160 g/mol. The van der Waals surface area contributed by atoms with Crippen molar-refractivity contribution in [2.24, 2.45) is 0 Å². The number of hydrogen-bond acceptors (Lipinski definition) is 1. The van der Waals surface area contributed by atoms with E-state index in [2.05, 4.69) is 40.9 Å². The van der Waals surface area contributed by atoms with E-state index in [1.165, 1.54) is 31.6 Å². The van der Waals surface area contributed by atoms with Crippen LogP contribution in [0.4, 0.5) is 5.69 Å². The molecule has 2 heterocycles. The van der Waals surface area contributed by atoms with Crippen molar-refractivity contribution < 1.29 is 4.57 Å². The Morgan fingerprint density at radius 1 is 1.23 bits per heavy atom. The van der Waals surface area contributed by atoms with E-state index in [1.807, 2.05) is 0 Å². The molecule has 2 nitrogen and oxygen atoms in total. The third kappa shape index (κ3) is 1.82. The van der Waals surface area contributed by atoms with E-state index in [0.717, 1.165) is 6.54 Å². The van der Waals surface area contributed by atoms with Gasteiger partial charge < -0.3 is 4.90 Å². The molecule has 1 aliphatic rings. The fourth-order valence-corrected chi connectivity index (χ4v) is 1.85. The van der Waals surface area contributed by atoms with Gasteiger partial charge in [-0.2, -0.15) is 0 Å². The molecule has 0 unspecified atom stereocenters. The molecule has 13 heavy (non-hydrogen) atoms. The van der Waals surface area contributed by atoms with Crippen LogP contribution in [0.1, 0.15) is 19.8 Å². The van der Waals surface area contributed by atoms with Gasteiger partial charge in [0.1, 0.15) is 6.54 Å². The summed E-state index contributed by atoms with van der Waals surface area (Å²) in [6, 6.07) is 4.43. The van der Waals surface area contributed by atoms with Crippen molar-refractivity contribution in [1.29, 1.82) is 0 Å². The van der Waals surface area contributed by atoms with E-state index in [1.54, 1.807) is 0 Å². The normalized spacial score (nSPS) is 16.5. The third-order valence-corrected chi connectivity index (χ3v) is 2.71. The van der Waals surface area contributed by atoms with Crippen molar-refractivity contribution in [3.63, 3.8) is 0 Å². The molecule has 2 rings (SSSR count). The summed E-state index contributed by atoms with van der Waals surface area (Å²) in [6.45, 7) is 5.68. The minimum absolute atomic E-state index is 1.06. The van der Waals surface area contributed by atoms with Gasteiger partial charge >= 0.3 is 0 Å². The summed E-state index contributed by atoms with van der Waals surface area (Å²) in [5.74, 6) is 0. The molecule has 0 amide bonds. The van der Waals surface area contributed by atoms with Gasteiger partial charge in [0.15, 0.2) is 12.4 Å². The number of rotatable bonds is 2. The van der Waals surface area contributed by atoms with Crippen molar-refractivity contribution in [3.8, 4) is 0 Å². The molecule has 1 fully saturated rings. The lowest BCUT2D eigenvalue weighted by atomic mass is 10.3. The predicted octanol–water partition coefficient (Wildman–Crippen LogP) is 1.59. The van der Waals surface area contributed by atoms with Gasteiger partial charge in [-0.25, -0.2) is 4.57 Å². The fourth-order valence-electron chi connectivity index (χ4n) is 1.85. The van der Waals surface area contributed by atoms with Crippen LogP contribution in [0.2, 0.25) is 0 Å². The van der Waals surface area contributed by atoms with Crippen molar-refractivity contribution in [3.05, 3.63) is 24.5 Å². The first-order valence-electron chi connectivity index (χ1n) is 5.14. The predicted molar refractivity (Wildman–Crippen MR) is 53.8 cm³/mol.